The van der Waals surface area contributed by atoms with Crippen molar-refractivity contribution < 1.29 is 4.79 Å². The lowest BCUT2D eigenvalue weighted by Gasteiger charge is -2.18. The van der Waals surface area contributed by atoms with Gasteiger partial charge in [0.25, 0.3) is 0 Å². The van der Waals surface area contributed by atoms with Gasteiger partial charge in [0.15, 0.2) is 5.17 Å². The van der Waals surface area contributed by atoms with Crippen LogP contribution in [0.1, 0.15) is 13.8 Å². The number of aliphatic imine (C=N–C) groups is 1. The zero-order valence-electron chi connectivity index (χ0n) is 8.20. The maximum absolute atomic E-state index is 11.6. The van der Waals surface area contributed by atoms with Gasteiger partial charge < -0.3 is 11.1 Å². The first kappa shape index (κ1) is 9.58. The molecule has 0 aromatic rings. The van der Waals surface area contributed by atoms with Crippen LogP contribution in [0.2, 0.25) is 0 Å². The zero-order valence-corrected chi connectivity index (χ0v) is 9.02. The highest BCUT2D eigenvalue weighted by atomic mass is 32.2. The second-order valence-corrected chi connectivity index (χ2v) is 5.35. The number of rotatable bonds is 0. The van der Waals surface area contributed by atoms with Crippen LogP contribution < -0.4 is 11.1 Å². The average Bonchev–Trinajstić information content (AvgIpc) is 2.37. The van der Waals surface area contributed by atoms with E-state index in [4.69, 9.17) is 5.73 Å². The van der Waals surface area contributed by atoms with Crippen molar-refractivity contribution in [3.63, 3.8) is 0 Å². The molecule has 2 aliphatic heterocycles. The number of amidine groups is 1. The van der Waals surface area contributed by atoms with Crippen molar-refractivity contribution in [1.29, 1.82) is 0 Å². The smallest absolute Gasteiger partial charge is 0.239 e. The average molecular weight is 211 g/mol. The van der Waals surface area contributed by atoms with Gasteiger partial charge in [-0.25, -0.2) is 4.99 Å². The quantitative estimate of drug-likeness (QED) is 0.611. The number of hydrogen-bond acceptors (Lipinski definition) is 4. The minimum atomic E-state index is -0.239. The molecule has 1 atom stereocenters. The van der Waals surface area contributed by atoms with Gasteiger partial charge in [-0.15, -0.1) is 0 Å². The molecule has 0 bridgehead atoms. The summed E-state index contributed by atoms with van der Waals surface area (Å²) in [5, 5.41) is 3.13. The van der Waals surface area contributed by atoms with Crippen LogP contribution in [0.4, 0.5) is 0 Å². The Morgan fingerprint density at radius 1 is 1.71 bits per heavy atom. The van der Waals surface area contributed by atoms with E-state index in [0.29, 0.717) is 11.7 Å². The SMILES string of the molecule is CC1(C)C=C2N=C(N)SC2C(=O)NC1. The molecule has 0 fully saturated rings. The number of hydrogen-bond donors (Lipinski definition) is 2. The fourth-order valence-corrected chi connectivity index (χ4v) is 2.38. The summed E-state index contributed by atoms with van der Waals surface area (Å²) in [6.07, 6.45) is 2.03. The molecule has 5 heteroatoms. The molecule has 1 amide bonds. The summed E-state index contributed by atoms with van der Waals surface area (Å²) in [6, 6.07) is 0. The molecule has 76 valence electrons. The number of nitrogens with two attached hydrogens (primary N) is 1. The monoisotopic (exact) mass is 211 g/mol. The predicted octanol–water partition coefficient (Wildman–Crippen LogP) is 0.456. The number of amides is 1. The second kappa shape index (κ2) is 3.02. The first-order valence-corrected chi connectivity index (χ1v) is 5.37. The van der Waals surface area contributed by atoms with E-state index >= 15 is 0 Å². The van der Waals surface area contributed by atoms with Crippen LogP contribution in [0.15, 0.2) is 16.8 Å². The third-order valence-electron chi connectivity index (χ3n) is 2.24. The Labute approximate surface area is 87.0 Å². The molecule has 1 unspecified atom stereocenters. The Morgan fingerprint density at radius 3 is 3.14 bits per heavy atom. The molecule has 0 radical (unpaired) electrons. The second-order valence-electron chi connectivity index (χ2n) is 4.22. The van der Waals surface area contributed by atoms with E-state index in [0.717, 1.165) is 5.70 Å². The Bertz CT molecular complexity index is 346. The van der Waals surface area contributed by atoms with Crippen LogP contribution in [0.25, 0.3) is 0 Å². The molecule has 14 heavy (non-hydrogen) atoms. The Kier molecular flexibility index (Phi) is 2.06. The van der Waals surface area contributed by atoms with Gasteiger partial charge in [0.2, 0.25) is 5.91 Å². The van der Waals surface area contributed by atoms with Crippen LogP contribution in [0.3, 0.4) is 0 Å². The Morgan fingerprint density at radius 2 is 2.43 bits per heavy atom. The lowest BCUT2D eigenvalue weighted by Crippen LogP contribution is -2.35. The van der Waals surface area contributed by atoms with Gasteiger partial charge in [-0.3, -0.25) is 4.79 Å². The van der Waals surface area contributed by atoms with Gasteiger partial charge in [0.05, 0.1) is 5.70 Å². The molecule has 4 nitrogen and oxygen atoms in total. The van der Waals surface area contributed by atoms with E-state index in [1.54, 1.807) is 0 Å². The summed E-state index contributed by atoms with van der Waals surface area (Å²) in [7, 11) is 0. The third-order valence-corrected chi connectivity index (χ3v) is 3.27. The lowest BCUT2D eigenvalue weighted by molar-refractivity contribution is -0.120. The molecule has 2 heterocycles. The normalized spacial score (nSPS) is 29.9. The fourth-order valence-electron chi connectivity index (χ4n) is 1.55. The van der Waals surface area contributed by atoms with Crippen LogP contribution in [-0.4, -0.2) is 22.9 Å². The van der Waals surface area contributed by atoms with Gasteiger partial charge in [-0.05, 0) is 0 Å². The molecule has 3 N–H and O–H groups in total. The first-order chi connectivity index (χ1) is 6.48. The topological polar surface area (TPSA) is 67.5 Å². The molecular weight excluding hydrogens is 198 g/mol. The van der Waals surface area contributed by atoms with E-state index in [1.807, 2.05) is 6.08 Å². The van der Waals surface area contributed by atoms with Crippen molar-refractivity contribution in [3.8, 4) is 0 Å². The third kappa shape index (κ3) is 1.64. The Hall–Kier alpha value is -0.970. The van der Waals surface area contributed by atoms with E-state index in [-0.39, 0.29) is 16.6 Å². The van der Waals surface area contributed by atoms with Crippen molar-refractivity contribution in [2.24, 2.45) is 16.1 Å². The summed E-state index contributed by atoms with van der Waals surface area (Å²) < 4.78 is 0. The summed E-state index contributed by atoms with van der Waals surface area (Å²) in [4.78, 5) is 15.8. The van der Waals surface area contributed by atoms with E-state index in [2.05, 4.69) is 24.2 Å². The largest absolute Gasteiger partial charge is 0.378 e. The summed E-state index contributed by atoms with van der Waals surface area (Å²) in [5.74, 6) is 0.0102. The number of carbonyl (C=O) groups excluding carboxylic acids is 1. The van der Waals surface area contributed by atoms with E-state index < -0.39 is 0 Å². The minimum Gasteiger partial charge on any atom is -0.378 e. The maximum Gasteiger partial charge on any atom is 0.239 e. The number of carbonyl (C=O) groups is 1. The standard InChI is InChI=1S/C9H13N3OS/c1-9(2)3-5-6(7(13)11-4-9)14-8(10)12-5/h3,6H,4H2,1-2H3,(H2,10,12)(H,11,13). The van der Waals surface area contributed by atoms with Gasteiger partial charge in [0, 0.05) is 12.0 Å². The molecule has 0 spiro atoms. The summed E-state index contributed by atoms with van der Waals surface area (Å²) in [5.41, 5.74) is 6.34. The maximum atomic E-state index is 11.6. The van der Waals surface area contributed by atoms with Gasteiger partial charge in [-0.1, -0.05) is 31.7 Å². The molecule has 0 saturated heterocycles. The van der Waals surface area contributed by atoms with Crippen LogP contribution >= 0.6 is 11.8 Å². The zero-order chi connectivity index (χ0) is 10.3. The van der Waals surface area contributed by atoms with E-state index in [9.17, 15) is 4.79 Å². The molecule has 2 aliphatic rings. The minimum absolute atomic E-state index is 0.0102. The molecule has 0 aromatic carbocycles. The molecule has 0 saturated carbocycles. The molecule has 2 rings (SSSR count). The van der Waals surface area contributed by atoms with Gasteiger partial charge in [0.1, 0.15) is 5.25 Å². The van der Waals surface area contributed by atoms with Crippen molar-refractivity contribution >= 4 is 22.8 Å². The van der Waals surface area contributed by atoms with Gasteiger partial charge >= 0.3 is 0 Å². The highest BCUT2D eigenvalue weighted by molar-refractivity contribution is 8.15. The number of fused-ring (bicyclic) bond motifs is 1. The van der Waals surface area contributed by atoms with Crippen LogP contribution in [0, 0.1) is 5.41 Å². The number of nitrogens with one attached hydrogen (secondary N) is 1. The van der Waals surface area contributed by atoms with Crippen molar-refractivity contribution in [1.82, 2.24) is 5.32 Å². The Balaban J connectivity index is 2.38. The highest BCUT2D eigenvalue weighted by Crippen LogP contribution is 2.33. The van der Waals surface area contributed by atoms with Gasteiger partial charge in [-0.2, -0.15) is 0 Å². The number of nitrogens with zero attached hydrogens (tertiary/aromatic N) is 1. The summed E-state index contributed by atoms with van der Waals surface area (Å²) >= 11 is 1.32. The fraction of sp³-hybridized carbons (Fsp3) is 0.556. The first-order valence-electron chi connectivity index (χ1n) is 4.49. The molecular formula is C9H13N3OS. The van der Waals surface area contributed by atoms with Crippen LogP contribution in [-0.2, 0) is 4.79 Å². The van der Waals surface area contributed by atoms with Crippen molar-refractivity contribution in [2.45, 2.75) is 19.1 Å². The lowest BCUT2D eigenvalue weighted by atomic mass is 9.93. The summed E-state index contributed by atoms with van der Waals surface area (Å²) in [6.45, 7) is 4.79. The van der Waals surface area contributed by atoms with Crippen molar-refractivity contribution in [2.75, 3.05) is 6.54 Å². The van der Waals surface area contributed by atoms with Crippen molar-refractivity contribution in [3.05, 3.63) is 11.8 Å². The highest BCUT2D eigenvalue weighted by Gasteiger charge is 2.35. The van der Waals surface area contributed by atoms with Crippen LogP contribution in [0.5, 0.6) is 0 Å². The predicted molar refractivity (Wildman–Crippen MR) is 57.9 cm³/mol. The number of thioether (sulfide) groups is 1. The molecule has 0 aliphatic carbocycles. The molecule has 0 aromatic heterocycles. The van der Waals surface area contributed by atoms with E-state index in [1.165, 1.54) is 11.8 Å².